The van der Waals surface area contributed by atoms with Crippen LogP contribution in [0, 0.1) is 0 Å². The molecule has 0 atom stereocenters. The summed E-state index contributed by atoms with van der Waals surface area (Å²) in [7, 11) is 0. The van der Waals surface area contributed by atoms with Crippen molar-refractivity contribution in [2.45, 2.75) is 65.3 Å². The third kappa shape index (κ3) is 13.4. The van der Waals surface area contributed by atoms with Gasteiger partial charge in [0, 0.05) is 31.2 Å². The van der Waals surface area contributed by atoms with Gasteiger partial charge in [0.2, 0.25) is 0 Å². The topological polar surface area (TPSA) is 57.2 Å². The first-order valence-electron chi connectivity index (χ1n) is 25.4. The van der Waals surface area contributed by atoms with Gasteiger partial charge in [-0.25, -0.2) is 0 Å². The number of para-hydroxylation sites is 2. The Balaban J connectivity index is 0.00000729. The molecule has 6 nitrogen and oxygen atoms in total. The molecule has 0 spiro atoms. The van der Waals surface area contributed by atoms with E-state index in [0.717, 1.165) is 121 Å². The molecule has 9 rings (SSSR count). The average Bonchev–Trinajstić information content (AvgIpc) is 3.41. The summed E-state index contributed by atoms with van der Waals surface area (Å²) in [5.41, 5.74) is 14.4. The van der Waals surface area contributed by atoms with Gasteiger partial charge < -0.3 is 45.5 Å². The molecule has 1 aliphatic carbocycles. The number of ether oxygens (including phenoxy) is 4. The van der Waals surface area contributed by atoms with Crippen LogP contribution in [0.2, 0.25) is 0 Å². The first-order chi connectivity index (χ1) is 35.9. The molecule has 0 aliphatic heterocycles. The summed E-state index contributed by atoms with van der Waals surface area (Å²) >= 11 is 0. The van der Waals surface area contributed by atoms with Crippen molar-refractivity contribution in [2.75, 3.05) is 19.6 Å². The number of quaternary nitrogens is 1. The second kappa shape index (κ2) is 26.0. The maximum Gasteiger partial charge on any atom is 0.126 e. The van der Waals surface area contributed by atoms with Crippen molar-refractivity contribution in [3.8, 4) is 23.0 Å². The minimum atomic E-state index is -0.135. The lowest BCUT2D eigenvalue weighted by atomic mass is 9.89. The normalized spacial score (nSPS) is 11.9. The van der Waals surface area contributed by atoms with Crippen LogP contribution in [0.1, 0.15) is 77.9 Å². The Bertz CT molecular complexity index is 3090. The van der Waals surface area contributed by atoms with Crippen LogP contribution in [-0.2, 0) is 65.3 Å². The molecule has 0 heterocycles. The van der Waals surface area contributed by atoms with Gasteiger partial charge >= 0.3 is 0 Å². The Hall–Kier alpha value is -7.42. The molecule has 0 aromatic heterocycles. The predicted octanol–water partition coefficient (Wildman–Crippen LogP) is 11.1. The van der Waals surface area contributed by atoms with Crippen molar-refractivity contribution in [2.24, 2.45) is 0 Å². The Labute approximate surface area is 448 Å². The molecular weight excluding hydrogens is 979 g/mol. The summed E-state index contributed by atoms with van der Waals surface area (Å²) in [6.07, 6.45) is 8.06. The molecule has 0 unspecified atom stereocenters. The molecule has 0 saturated heterocycles. The number of nitrogens with zero attached hydrogens (tertiary/aromatic N) is 1. The minimum absolute atomic E-state index is 0. The molecule has 1 N–H and O–H groups in total. The van der Waals surface area contributed by atoms with Crippen LogP contribution >= 0.6 is 0 Å². The highest BCUT2D eigenvalue weighted by atomic mass is 79.9. The fourth-order valence-corrected chi connectivity index (χ4v) is 10.3. The van der Waals surface area contributed by atoms with Crippen LogP contribution in [-0.4, -0.2) is 29.2 Å². The number of aliphatic hydroxyl groups excluding tert-OH is 1. The molecule has 0 radical (unpaired) electrons. The summed E-state index contributed by atoms with van der Waals surface area (Å²) in [5, 5.41) is 11.1. The van der Waals surface area contributed by atoms with Crippen LogP contribution in [0.3, 0.4) is 0 Å². The van der Waals surface area contributed by atoms with Crippen LogP contribution in [0.15, 0.2) is 220 Å². The van der Waals surface area contributed by atoms with Crippen molar-refractivity contribution in [3.05, 3.63) is 298 Å². The summed E-state index contributed by atoms with van der Waals surface area (Å²) in [4.78, 5) is 0. The standard InChI is InChI=1S/C67H66NO5.BrH/c1-4-33-68(34-5-2,35-6-3)44-54-36-60-41-58-31-19-29-56(64(58)70-46-50-21-11-7-12-22-50)40-57-30-20-32-59(65(57)71-47-51-23-13-8-14-24-51)42-62-38-55(45-69)39-63(67(62)73-49-53-27-17-10-18-28-53)43-61(37-54)66(60)72-48-52-25-15-9-16-26-52;/h4-32,36-39,69H,1-3,33-35,40-49H2;1H/q+1;/p-1. The molecule has 8 aromatic carbocycles. The Morgan fingerprint density at radius 1 is 0.351 bits per heavy atom. The van der Waals surface area contributed by atoms with E-state index in [1.165, 1.54) is 0 Å². The second-order valence-electron chi connectivity index (χ2n) is 19.2. The molecule has 0 fully saturated rings. The zero-order valence-electron chi connectivity index (χ0n) is 42.3. The molecule has 0 saturated carbocycles. The third-order valence-electron chi connectivity index (χ3n) is 13.6. The molecule has 8 bridgehead atoms. The van der Waals surface area contributed by atoms with Gasteiger partial charge in [-0.05, 0) is 115 Å². The zero-order valence-corrected chi connectivity index (χ0v) is 43.9. The SMILES string of the molecule is C=CC[N+](CC=C)(CC=C)Cc1cc2c(OCc3ccccc3)c(c1)Cc1cc(CO)cc(c1OCc1ccccc1)Cc1cccc(c1OCc1ccccc1)Cc1cccc(c1OCc1ccccc1)C2.[Br-]. The van der Waals surface area contributed by atoms with Crippen molar-refractivity contribution in [3.63, 3.8) is 0 Å². The van der Waals surface area contributed by atoms with E-state index >= 15 is 0 Å². The van der Waals surface area contributed by atoms with E-state index < -0.39 is 0 Å². The fraction of sp³-hybridized carbons (Fsp3) is 0.194. The lowest BCUT2D eigenvalue weighted by Gasteiger charge is -2.36. The van der Waals surface area contributed by atoms with Crippen LogP contribution in [0.4, 0.5) is 0 Å². The van der Waals surface area contributed by atoms with Crippen molar-refractivity contribution in [1.29, 1.82) is 0 Å². The van der Waals surface area contributed by atoms with Gasteiger partial charge in [0.05, 0.1) is 26.2 Å². The van der Waals surface area contributed by atoms with E-state index in [1.807, 2.05) is 66.8 Å². The van der Waals surface area contributed by atoms with Crippen molar-refractivity contribution >= 4 is 0 Å². The van der Waals surface area contributed by atoms with E-state index in [-0.39, 0.29) is 23.6 Å². The number of halogens is 1. The Kier molecular flexibility index (Phi) is 18.6. The maximum atomic E-state index is 11.1. The third-order valence-corrected chi connectivity index (χ3v) is 13.6. The molecule has 0 amide bonds. The first-order valence-corrected chi connectivity index (χ1v) is 25.4. The van der Waals surface area contributed by atoms with Gasteiger partial charge in [-0.2, -0.15) is 0 Å². The largest absolute Gasteiger partial charge is 1.00 e. The number of rotatable bonds is 21. The van der Waals surface area contributed by atoms with Gasteiger partial charge in [-0.15, -0.1) is 0 Å². The number of hydrogen-bond donors (Lipinski definition) is 1. The van der Waals surface area contributed by atoms with E-state index in [1.54, 1.807) is 0 Å². The summed E-state index contributed by atoms with van der Waals surface area (Å²) in [6, 6.07) is 63.2. The Morgan fingerprint density at radius 3 is 0.919 bits per heavy atom. The highest BCUT2D eigenvalue weighted by Gasteiger charge is 2.28. The maximum absolute atomic E-state index is 11.1. The minimum Gasteiger partial charge on any atom is -1.00 e. The molecular formula is C67H66BrNO5. The van der Waals surface area contributed by atoms with Crippen LogP contribution in [0.5, 0.6) is 23.0 Å². The van der Waals surface area contributed by atoms with Crippen molar-refractivity contribution in [1.82, 2.24) is 0 Å². The molecule has 376 valence electrons. The van der Waals surface area contributed by atoms with Gasteiger partial charge in [-0.3, -0.25) is 0 Å². The molecule has 8 aromatic rings. The predicted molar refractivity (Wildman–Crippen MR) is 295 cm³/mol. The van der Waals surface area contributed by atoms with Crippen molar-refractivity contribution < 1.29 is 45.5 Å². The van der Waals surface area contributed by atoms with E-state index in [4.69, 9.17) is 18.9 Å². The molecule has 7 heteroatoms. The zero-order chi connectivity index (χ0) is 50.2. The lowest BCUT2D eigenvalue weighted by molar-refractivity contribution is -0.924. The highest BCUT2D eigenvalue weighted by Crippen LogP contribution is 2.41. The summed E-state index contributed by atoms with van der Waals surface area (Å²) in [6.45, 7) is 17.0. The first kappa shape index (κ1) is 52.9. The van der Waals surface area contributed by atoms with Gasteiger partial charge in [-0.1, -0.05) is 177 Å². The van der Waals surface area contributed by atoms with Crippen LogP contribution in [0.25, 0.3) is 0 Å². The molecule has 1 aliphatic rings. The van der Waals surface area contributed by atoms with Gasteiger partial charge in [0.15, 0.2) is 0 Å². The molecule has 74 heavy (non-hydrogen) atoms. The van der Waals surface area contributed by atoms with E-state index in [0.29, 0.717) is 63.1 Å². The highest BCUT2D eigenvalue weighted by molar-refractivity contribution is 5.57. The second-order valence-corrected chi connectivity index (χ2v) is 19.2. The lowest BCUT2D eigenvalue weighted by Crippen LogP contribution is -3.00. The average molecular weight is 1050 g/mol. The number of benzene rings is 8. The smallest absolute Gasteiger partial charge is 0.126 e. The van der Waals surface area contributed by atoms with Crippen LogP contribution < -0.4 is 35.9 Å². The monoisotopic (exact) mass is 1040 g/mol. The number of fused-ring (bicyclic) bond motifs is 8. The van der Waals surface area contributed by atoms with E-state index in [2.05, 4.69) is 153 Å². The Morgan fingerprint density at radius 2 is 0.622 bits per heavy atom. The van der Waals surface area contributed by atoms with Gasteiger partial charge in [0.1, 0.15) is 56.0 Å². The number of aliphatic hydroxyl groups is 1. The summed E-state index contributed by atoms with van der Waals surface area (Å²) < 4.78 is 29.0. The number of hydrogen-bond acceptors (Lipinski definition) is 5. The fourth-order valence-electron chi connectivity index (χ4n) is 10.3. The van der Waals surface area contributed by atoms with E-state index in [9.17, 15) is 5.11 Å². The summed E-state index contributed by atoms with van der Waals surface area (Å²) in [5.74, 6) is 3.28. The quantitative estimate of drug-likeness (QED) is 0.0574. The van der Waals surface area contributed by atoms with Gasteiger partial charge in [0.25, 0.3) is 0 Å².